The third kappa shape index (κ3) is 3.72. The molecule has 7 heteroatoms. The maximum Gasteiger partial charge on any atom is 0.337 e. The first-order valence-corrected chi connectivity index (χ1v) is 8.03. The third-order valence-electron chi connectivity index (χ3n) is 4.19. The molecule has 0 aromatic heterocycles. The molecule has 6 nitrogen and oxygen atoms in total. The van der Waals surface area contributed by atoms with Crippen molar-refractivity contribution in [1.29, 1.82) is 0 Å². The molecule has 1 atom stereocenters. The van der Waals surface area contributed by atoms with Crippen molar-refractivity contribution in [2.75, 3.05) is 23.9 Å². The average Bonchev–Trinajstić information content (AvgIpc) is 3.05. The molecule has 0 saturated carbocycles. The number of rotatable bonds is 4. The summed E-state index contributed by atoms with van der Waals surface area (Å²) in [4.78, 5) is 37.8. The number of methoxy groups -OCH3 is 1. The number of esters is 1. The number of ether oxygens (including phenoxy) is 1. The molecule has 1 heterocycles. The molecule has 1 aliphatic rings. The van der Waals surface area contributed by atoms with Gasteiger partial charge in [-0.05, 0) is 42.5 Å². The van der Waals surface area contributed by atoms with Gasteiger partial charge in [0.15, 0.2) is 0 Å². The number of amides is 2. The Bertz CT molecular complexity index is 851. The van der Waals surface area contributed by atoms with Gasteiger partial charge in [-0.2, -0.15) is 0 Å². The molecule has 3 rings (SSSR count). The van der Waals surface area contributed by atoms with Crippen LogP contribution in [0.2, 0.25) is 0 Å². The normalized spacial score (nSPS) is 16.5. The second-order valence-corrected chi connectivity index (χ2v) is 5.94. The summed E-state index contributed by atoms with van der Waals surface area (Å²) in [5.74, 6) is -1.93. The molecule has 0 bridgehead atoms. The number of halogens is 1. The Labute approximate surface area is 149 Å². The fraction of sp³-hybridized carbons (Fsp3) is 0.211. The monoisotopic (exact) mass is 356 g/mol. The van der Waals surface area contributed by atoms with Gasteiger partial charge in [0.1, 0.15) is 5.82 Å². The Morgan fingerprint density at radius 1 is 1.19 bits per heavy atom. The van der Waals surface area contributed by atoms with Gasteiger partial charge in [-0.1, -0.05) is 6.07 Å². The minimum absolute atomic E-state index is 0.0650. The predicted octanol–water partition coefficient (Wildman–Crippen LogP) is 2.60. The van der Waals surface area contributed by atoms with Gasteiger partial charge in [-0.3, -0.25) is 9.59 Å². The Morgan fingerprint density at radius 3 is 2.62 bits per heavy atom. The van der Waals surface area contributed by atoms with Crippen LogP contribution in [0.15, 0.2) is 48.5 Å². The fourth-order valence-corrected chi connectivity index (χ4v) is 2.83. The Kier molecular flexibility index (Phi) is 4.97. The highest BCUT2D eigenvalue weighted by atomic mass is 19.1. The smallest absolute Gasteiger partial charge is 0.337 e. The van der Waals surface area contributed by atoms with E-state index >= 15 is 0 Å². The van der Waals surface area contributed by atoms with Gasteiger partial charge < -0.3 is 15.0 Å². The lowest BCUT2D eigenvalue weighted by Crippen LogP contribution is -2.28. The van der Waals surface area contributed by atoms with Gasteiger partial charge in [0.05, 0.1) is 18.6 Å². The van der Waals surface area contributed by atoms with Gasteiger partial charge >= 0.3 is 5.97 Å². The van der Waals surface area contributed by atoms with E-state index in [-0.39, 0.29) is 24.8 Å². The number of carbonyl (C=O) groups excluding carboxylic acids is 3. The van der Waals surface area contributed by atoms with Crippen LogP contribution in [0.3, 0.4) is 0 Å². The van der Waals surface area contributed by atoms with Crippen molar-refractivity contribution in [3.63, 3.8) is 0 Å². The summed E-state index contributed by atoms with van der Waals surface area (Å²) in [5, 5.41) is 2.68. The molecule has 0 radical (unpaired) electrons. The molecule has 2 amide bonds. The van der Waals surface area contributed by atoms with Crippen LogP contribution in [0.1, 0.15) is 16.8 Å². The summed E-state index contributed by atoms with van der Waals surface area (Å²) in [6, 6.07) is 11.9. The molecule has 2 aromatic rings. The first-order valence-electron chi connectivity index (χ1n) is 8.03. The van der Waals surface area contributed by atoms with E-state index in [1.54, 1.807) is 24.3 Å². The van der Waals surface area contributed by atoms with Gasteiger partial charge in [0.25, 0.3) is 0 Å². The summed E-state index contributed by atoms with van der Waals surface area (Å²) >= 11 is 0. The fourth-order valence-electron chi connectivity index (χ4n) is 2.83. The predicted molar refractivity (Wildman–Crippen MR) is 93.3 cm³/mol. The van der Waals surface area contributed by atoms with Crippen LogP contribution in [0, 0.1) is 11.7 Å². The first kappa shape index (κ1) is 17.6. The van der Waals surface area contributed by atoms with E-state index in [0.29, 0.717) is 16.9 Å². The molecule has 1 unspecified atom stereocenters. The van der Waals surface area contributed by atoms with E-state index < -0.39 is 17.7 Å². The molecular formula is C19H17FN2O4. The zero-order valence-corrected chi connectivity index (χ0v) is 14.1. The van der Waals surface area contributed by atoms with Crippen LogP contribution in [-0.4, -0.2) is 31.4 Å². The molecule has 2 aromatic carbocycles. The van der Waals surface area contributed by atoms with Crippen LogP contribution in [-0.2, 0) is 14.3 Å². The van der Waals surface area contributed by atoms with E-state index in [1.807, 2.05) is 0 Å². The van der Waals surface area contributed by atoms with E-state index in [1.165, 1.54) is 36.3 Å². The summed E-state index contributed by atoms with van der Waals surface area (Å²) < 4.78 is 17.6. The van der Waals surface area contributed by atoms with Crippen LogP contribution in [0.4, 0.5) is 15.8 Å². The van der Waals surface area contributed by atoms with Gasteiger partial charge in [0, 0.05) is 24.3 Å². The summed E-state index contributed by atoms with van der Waals surface area (Å²) in [6.45, 7) is 0.205. The number of hydrogen-bond acceptors (Lipinski definition) is 4. The number of hydrogen-bond donors (Lipinski definition) is 1. The number of anilines is 2. The Hall–Kier alpha value is -3.22. The van der Waals surface area contributed by atoms with Gasteiger partial charge in [0.2, 0.25) is 11.8 Å². The minimum atomic E-state index is -0.533. The molecule has 134 valence electrons. The van der Waals surface area contributed by atoms with Crippen LogP contribution in [0.25, 0.3) is 0 Å². The largest absolute Gasteiger partial charge is 0.465 e. The lowest BCUT2D eigenvalue weighted by molar-refractivity contribution is -0.122. The van der Waals surface area contributed by atoms with Crippen molar-refractivity contribution < 1.29 is 23.5 Å². The highest BCUT2D eigenvalue weighted by Gasteiger charge is 2.35. The SMILES string of the molecule is COC(=O)c1cccc(N2CC(C(=O)Nc3ccc(F)cc3)CC2=O)c1. The standard InChI is InChI=1S/C19H17FN2O4/c1-26-19(25)12-3-2-4-16(9-12)22-11-13(10-17(22)23)18(24)21-15-7-5-14(20)6-8-15/h2-9,13H,10-11H2,1H3,(H,21,24). The molecule has 0 aliphatic carbocycles. The van der Waals surface area contributed by atoms with Crippen LogP contribution < -0.4 is 10.2 Å². The molecule has 1 fully saturated rings. The lowest BCUT2D eigenvalue weighted by atomic mass is 10.1. The highest BCUT2D eigenvalue weighted by Crippen LogP contribution is 2.27. The second-order valence-electron chi connectivity index (χ2n) is 5.94. The summed E-state index contributed by atoms with van der Waals surface area (Å²) in [7, 11) is 1.28. The molecule has 0 spiro atoms. The van der Waals surface area contributed by atoms with Gasteiger partial charge in [-0.25, -0.2) is 9.18 Å². The van der Waals surface area contributed by atoms with E-state index in [4.69, 9.17) is 0 Å². The highest BCUT2D eigenvalue weighted by molar-refractivity contribution is 6.04. The minimum Gasteiger partial charge on any atom is -0.465 e. The van der Waals surface area contributed by atoms with Crippen molar-refractivity contribution in [2.24, 2.45) is 5.92 Å². The maximum atomic E-state index is 12.9. The van der Waals surface area contributed by atoms with Crippen LogP contribution >= 0.6 is 0 Å². The molecular weight excluding hydrogens is 339 g/mol. The van der Waals surface area contributed by atoms with Crippen LogP contribution in [0.5, 0.6) is 0 Å². The average molecular weight is 356 g/mol. The Balaban J connectivity index is 1.71. The number of benzene rings is 2. The molecule has 1 saturated heterocycles. The van der Waals surface area contributed by atoms with Crippen molar-refractivity contribution in [3.05, 3.63) is 59.9 Å². The van der Waals surface area contributed by atoms with Crippen molar-refractivity contribution >= 4 is 29.2 Å². The van der Waals surface area contributed by atoms with Crippen molar-refractivity contribution in [2.45, 2.75) is 6.42 Å². The van der Waals surface area contributed by atoms with E-state index in [9.17, 15) is 18.8 Å². The molecule has 26 heavy (non-hydrogen) atoms. The molecule has 1 aliphatic heterocycles. The van der Waals surface area contributed by atoms with Gasteiger partial charge in [-0.15, -0.1) is 0 Å². The van der Waals surface area contributed by atoms with Crippen molar-refractivity contribution in [3.8, 4) is 0 Å². The van der Waals surface area contributed by atoms with Crippen molar-refractivity contribution in [1.82, 2.24) is 0 Å². The molecule has 1 N–H and O–H groups in total. The number of nitrogens with one attached hydrogen (secondary N) is 1. The quantitative estimate of drug-likeness (QED) is 0.855. The maximum absolute atomic E-state index is 12.9. The summed E-state index contributed by atoms with van der Waals surface area (Å²) in [5.41, 5.74) is 1.34. The number of nitrogens with zero attached hydrogens (tertiary/aromatic N) is 1. The van der Waals surface area contributed by atoms with E-state index in [0.717, 1.165) is 0 Å². The first-order chi connectivity index (χ1) is 12.5. The van der Waals surface area contributed by atoms with E-state index in [2.05, 4.69) is 10.1 Å². The zero-order chi connectivity index (χ0) is 18.7. The Morgan fingerprint density at radius 2 is 1.92 bits per heavy atom. The summed E-state index contributed by atoms with van der Waals surface area (Å²) in [6.07, 6.45) is 0.0650. The lowest BCUT2D eigenvalue weighted by Gasteiger charge is -2.17. The topological polar surface area (TPSA) is 75.7 Å². The number of carbonyl (C=O) groups is 3. The third-order valence-corrected chi connectivity index (χ3v) is 4.19. The second kappa shape index (κ2) is 7.35. The zero-order valence-electron chi connectivity index (χ0n) is 14.1.